The second-order valence-electron chi connectivity index (χ2n) is 2.99. The van der Waals surface area contributed by atoms with Gasteiger partial charge in [0.05, 0.1) is 0 Å². The van der Waals surface area contributed by atoms with E-state index in [-0.39, 0.29) is 18.0 Å². The van der Waals surface area contributed by atoms with E-state index in [9.17, 15) is 9.59 Å². The summed E-state index contributed by atoms with van der Waals surface area (Å²) < 4.78 is 0. The third-order valence-corrected chi connectivity index (χ3v) is 2.69. The van der Waals surface area contributed by atoms with Crippen LogP contribution in [0.25, 0.3) is 0 Å². The third-order valence-electron chi connectivity index (χ3n) is 2.12. The Hall–Kier alpha value is -0.630. The van der Waals surface area contributed by atoms with Gasteiger partial charge in [0.1, 0.15) is 0 Å². The molecule has 0 spiro atoms. The largest absolute Gasteiger partial charge is 0.297 e. The zero-order valence-electron chi connectivity index (χ0n) is 6.81. The summed E-state index contributed by atoms with van der Waals surface area (Å²) in [5.74, 6) is -0.305. The first-order valence-corrected chi connectivity index (χ1v) is 4.35. The molecular formula is C9H11ClO2. The highest BCUT2D eigenvalue weighted by Gasteiger charge is 2.43. The van der Waals surface area contributed by atoms with Gasteiger partial charge in [-0.05, 0) is 12.8 Å². The van der Waals surface area contributed by atoms with Crippen molar-refractivity contribution in [2.24, 2.45) is 0 Å². The summed E-state index contributed by atoms with van der Waals surface area (Å²) in [6.07, 6.45) is 3.26. The van der Waals surface area contributed by atoms with Gasteiger partial charge in [-0.25, -0.2) is 0 Å². The number of rotatable bonds is 2. The summed E-state index contributed by atoms with van der Waals surface area (Å²) >= 11 is 5.91. The van der Waals surface area contributed by atoms with E-state index in [1.807, 2.05) is 0 Å². The number of Topliss-reactive ketones (excluding diaryl/α,β-unsaturated/α-hetero) is 2. The fourth-order valence-corrected chi connectivity index (χ4v) is 1.69. The maximum absolute atomic E-state index is 11.3. The zero-order valence-corrected chi connectivity index (χ0v) is 7.56. The molecule has 0 unspecified atom stereocenters. The average molecular weight is 187 g/mol. The normalized spacial score (nSPS) is 22.4. The summed E-state index contributed by atoms with van der Waals surface area (Å²) in [5.41, 5.74) is 0. The van der Waals surface area contributed by atoms with Gasteiger partial charge >= 0.3 is 0 Å². The predicted molar refractivity (Wildman–Crippen MR) is 47.3 cm³/mol. The second-order valence-corrected chi connectivity index (χ2v) is 3.64. The van der Waals surface area contributed by atoms with Crippen LogP contribution in [0.5, 0.6) is 0 Å². The van der Waals surface area contributed by atoms with Gasteiger partial charge in [0.2, 0.25) is 0 Å². The molecule has 0 N–H and O–H groups in total. The smallest absolute Gasteiger partial charge is 0.164 e. The van der Waals surface area contributed by atoms with Crippen LogP contribution in [-0.2, 0) is 9.59 Å². The number of halogens is 1. The van der Waals surface area contributed by atoms with E-state index in [0.717, 1.165) is 0 Å². The molecular weight excluding hydrogens is 176 g/mol. The van der Waals surface area contributed by atoms with Crippen molar-refractivity contribution in [3.05, 3.63) is 12.7 Å². The van der Waals surface area contributed by atoms with Crippen LogP contribution in [0.1, 0.15) is 25.7 Å². The number of allylic oxidation sites excluding steroid dienone is 1. The molecule has 0 saturated heterocycles. The minimum atomic E-state index is -1.28. The van der Waals surface area contributed by atoms with E-state index in [1.165, 1.54) is 6.08 Å². The van der Waals surface area contributed by atoms with Gasteiger partial charge in [0.15, 0.2) is 16.4 Å². The Morgan fingerprint density at radius 2 is 1.92 bits per heavy atom. The highest BCUT2D eigenvalue weighted by Crippen LogP contribution is 2.31. The van der Waals surface area contributed by atoms with Crippen molar-refractivity contribution in [1.29, 1.82) is 0 Å². The van der Waals surface area contributed by atoms with Crippen molar-refractivity contribution in [2.75, 3.05) is 0 Å². The third kappa shape index (κ3) is 1.44. The monoisotopic (exact) mass is 186 g/mol. The van der Waals surface area contributed by atoms with Gasteiger partial charge in [-0.1, -0.05) is 6.08 Å². The van der Waals surface area contributed by atoms with Gasteiger partial charge < -0.3 is 0 Å². The van der Waals surface area contributed by atoms with E-state index in [4.69, 9.17) is 11.6 Å². The van der Waals surface area contributed by atoms with Crippen molar-refractivity contribution in [3.8, 4) is 0 Å². The maximum Gasteiger partial charge on any atom is 0.164 e. The van der Waals surface area contributed by atoms with E-state index >= 15 is 0 Å². The van der Waals surface area contributed by atoms with Gasteiger partial charge in [0.25, 0.3) is 0 Å². The molecule has 0 aromatic carbocycles. The van der Waals surface area contributed by atoms with E-state index in [2.05, 4.69) is 6.58 Å². The van der Waals surface area contributed by atoms with Crippen molar-refractivity contribution < 1.29 is 9.59 Å². The number of carbonyl (C=O) groups excluding carboxylic acids is 2. The maximum atomic E-state index is 11.3. The first-order valence-electron chi connectivity index (χ1n) is 3.97. The Morgan fingerprint density at radius 3 is 2.33 bits per heavy atom. The molecule has 0 heterocycles. The minimum Gasteiger partial charge on any atom is -0.297 e. The summed E-state index contributed by atoms with van der Waals surface area (Å²) in [6, 6.07) is 0. The summed E-state index contributed by atoms with van der Waals surface area (Å²) in [6.45, 7) is 3.48. The quantitative estimate of drug-likeness (QED) is 0.375. The number of ketones is 2. The summed E-state index contributed by atoms with van der Waals surface area (Å²) in [7, 11) is 0. The number of carbonyl (C=O) groups is 2. The van der Waals surface area contributed by atoms with Crippen LogP contribution in [0.4, 0.5) is 0 Å². The molecule has 1 fully saturated rings. The zero-order chi connectivity index (χ0) is 9.19. The standard InChI is InChI=1S/C9H11ClO2/c1-2-6-9(10)7(11)4-3-5-8(9)12/h2H,1,3-6H2. The molecule has 0 aliphatic heterocycles. The fourth-order valence-electron chi connectivity index (χ4n) is 1.39. The lowest BCUT2D eigenvalue weighted by Crippen LogP contribution is -2.43. The molecule has 1 aliphatic rings. The van der Waals surface area contributed by atoms with Crippen molar-refractivity contribution in [1.82, 2.24) is 0 Å². The van der Waals surface area contributed by atoms with Crippen LogP contribution in [-0.4, -0.2) is 16.4 Å². The Bertz CT molecular complexity index is 217. The average Bonchev–Trinajstić information content (AvgIpc) is 2.02. The molecule has 0 amide bonds. The van der Waals surface area contributed by atoms with Gasteiger partial charge in [-0.2, -0.15) is 0 Å². The van der Waals surface area contributed by atoms with E-state index in [1.54, 1.807) is 0 Å². The molecule has 0 aromatic rings. The first-order chi connectivity index (χ1) is 5.61. The van der Waals surface area contributed by atoms with Gasteiger partial charge in [-0.3, -0.25) is 9.59 Å². The summed E-state index contributed by atoms with van der Waals surface area (Å²) in [5, 5.41) is 0. The topological polar surface area (TPSA) is 34.1 Å². The number of hydrogen-bond donors (Lipinski definition) is 0. The number of alkyl halides is 1. The van der Waals surface area contributed by atoms with Crippen molar-refractivity contribution >= 4 is 23.2 Å². The van der Waals surface area contributed by atoms with Crippen LogP contribution in [0.15, 0.2) is 12.7 Å². The lowest BCUT2D eigenvalue weighted by atomic mass is 9.84. The SMILES string of the molecule is C=CCC1(Cl)C(=O)CCCC1=O. The number of hydrogen-bond acceptors (Lipinski definition) is 2. The van der Waals surface area contributed by atoms with Gasteiger partial charge in [0, 0.05) is 12.8 Å². The first kappa shape index (κ1) is 9.46. The van der Waals surface area contributed by atoms with Crippen molar-refractivity contribution in [2.45, 2.75) is 30.6 Å². The van der Waals surface area contributed by atoms with E-state index in [0.29, 0.717) is 19.3 Å². The highest BCUT2D eigenvalue weighted by molar-refractivity contribution is 6.47. The Balaban J connectivity index is 2.87. The molecule has 12 heavy (non-hydrogen) atoms. The molecule has 66 valence electrons. The minimum absolute atomic E-state index is 0.152. The van der Waals surface area contributed by atoms with Crippen LogP contribution in [0.3, 0.4) is 0 Å². The molecule has 0 aromatic heterocycles. The van der Waals surface area contributed by atoms with E-state index < -0.39 is 4.87 Å². The van der Waals surface area contributed by atoms with Crippen LogP contribution >= 0.6 is 11.6 Å². The molecule has 1 aliphatic carbocycles. The molecule has 0 bridgehead atoms. The Labute approximate surface area is 76.6 Å². The second kappa shape index (κ2) is 3.40. The molecule has 1 rings (SSSR count). The Morgan fingerprint density at radius 1 is 1.42 bits per heavy atom. The molecule has 1 saturated carbocycles. The fraction of sp³-hybridized carbons (Fsp3) is 0.556. The molecule has 0 atom stereocenters. The molecule has 2 nitrogen and oxygen atoms in total. The molecule has 3 heteroatoms. The lowest BCUT2D eigenvalue weighted by Gasteiger charge is -2.26. The van der Waals surface area contributed by atoms with Crippen LogP contribution < -0.4 is 0 Å². The lowest BCUT2D eigenvalue weighted by molar-refractivity contribution is -0.133. The predicted octanol–water partition coefficient (Wildman–Crippen LogP) is 1.86. The highest BCUT2D eigenvalue weighted by atomic mass is 35.5. The van der Waals surface area contributed by atoms with Crippen LogP contribution in [0.2, 0.25) is 0 Å². The summed E-state index contributed by atoms with van der Waals surface area (Å²) in [4.78, 5) is 21.4. The van der Waals surface area contributed by atoms with Crippen LogP contribution in [0, 0.1) is 0 Å². The van der Waals surface area contributed by atoms with Gasteiger partial charge in [-0.15, -0.1) is 18.2 Å². The van der Waals surface area contributed by atoms with Crippen molar-refractivity contribution in [3.63, 3.8) is 0 Å². The molecule has 0 radical (unpaired) electrons. The Kier molecular flexibility index (Phi) is 2.68.